The summed E-state index contributed by atoms with van der Waals surface area (Å²) in [5.41, 5.74) is 0.417. The number of para-hydroxylation sites is 1. The molecule has 0 saturated carbocycles. The molecule has 0 heterocycles. The highest BCUT2D eigenvalue weighted by atomic mass is 32.2. The highest BCUT2D eigenvalue weighted by Crippen LogP contribution is 2.20. The lowest BCUT2D eigenvalue weighted by Crippen LogP contribution is -2.48. The molecular formula is C18H21FN2O4S. The molecule has 0 aliphatic heterocycles. The second-order valence-corrected chi connectivity index (χ2v) is 7.52. The molecule has 26 heavy (non-hydrogen) atoms. The van der Waals surface area contributed by atoms with Crippen LogP contribution in [0, 0.1) is 5.82 Å². The molecule has 8 heteroatoms. The third-order valence-corrected chi connectivity index (χ3v) is 4.82. The van der Waals surface area contributed by atoms with E-state index in [-0.39, 0.29) is 19.0 Å². The maximum absolute atomic E-state index is 12.8. The zero-order valence-corrected chi connectivity index (χ0v) is 15.4. The average Bonchev–Trinajstić information content (AvgIpc) is 2.60. The molecule has 0 bridgehead atoms. The molecule has 0 aromatic heterocycles. The number of ether oxygens (including phenoxy) is 1. The van der Waals surface area contributed by atoms with Crippen molar-refractivity contribution in [1.29, 1.82) is 0 Å². The molecule has 2 rings (SSSR count). The highest BCUT2D eigenvalue weighted by Gasteiger charge is 2.28. The van der Waals surface area contributed by atoms with Crippen molar-refractivity contribution in [3.63, 3.8) is 0 Å². The fourth-order valence-corrected chi connectivity index (χ4v) is 3.58. The number of hydrogen-bond acceptors (Lipinski definition) is 4. The van der Waals surface area contributed by atoms with Gasteiger partial charge in [0.1, 0.15) is 24.2 Å². The van der Waals surface area contributed by atoms with Crippen LogP contribution in [0.3, 0.4) is 0 Å². The van der Waals surface area contributed by atoms with Crippen LogP contribution in [-0.2, 0) is 14.8 Å². The fraction of sp³-hybridized carbons (Fsp3) is 0.278. The molecule has 0 fully saturated rings. The van der Waals surface area contributed by atoms with Crippen molar-refractivity contribution in [2.45, 2.75) is 13.0 Å². The van der Waals surface area contributed by atoms with E-state index in [1.54, 1.807) is 30.3 Å². The number of nitrogens with zero attached hydrogens (tertiary/aromatic N) is 1. The van der Waals surface area contributed by atoms with E-state index in [2.05, 4.69) is 5.32 Å². The molecule has 0 unspecified atom stereocenters. The number of sulfonamides is 1. The summed E-state index contributed by atoms with van der Waals surface area (Å²) in [6.07, 6.45) is 1.06. The minimum Gasteiger partial charge on any atom is -0.492 e. The van der Waals surface area contributed by atoms with Gasteiger partial charge in [-0.2, -0.15) is 0 Å². The van der Waals surface area contributed by atoms with Crippen molar-refractivity contribution in [2.75, 3.05) is 23.7 Å². The maximum Gasteiger partial charge on any atom is 0.243 e. The normalized spacial score (nSPS) is 12.3. The third kappa shape index (κ3) is 5.45. The fourth-order valence-electron chi connectivity index (χ4n) is 2.41. The smallest absolute Gasteiger partial charge is 0.243 e. The Labute approximate surface area is 152 Å². The number of hydrogen-bond donors (Lipinski definition) is 1. The second kappa shape index (κ2) is 8.66. The number of nitrogens with one attached hydrogen (secondary N) is 1. The highest BCUT2D eigenvalue weighted by molar-refractivity contribution is 7.92. The summed E-state index contributed by atoms with van der Waals surface area (Å²) in [6.45, 7) is 1.88. The van der Waals surface area contributed by atoms with Gasteiger partial charge in [-0.3, -0.25) is 9.10 Å². The van der Waals surface area contributed by atoms with Crippen LogP contribution < -0.4 is 14.4 Å². The van der Waals surface area contributed by atoms with E-state index in [1.807, 2.05) is 0 Å². The zero-order valence-electron chi connectivity index (χ0n) is 14.6. The van der Waals surface area contributed by atoms with Crippen molar-refractivity contribution >= 4 is 21.6 Å². The molecule has 1 atom stereocenters. The van der Waals surface area contributed by atoms with Gasteiger partial charge in [0.05, 0.1) is 18.5 Å². The van der Waals surface area contributed by atoms with Crippen molar-refractivity contribution in [3.8, 4) is 5.75 Å². The number of carbonyl (C=O) groups is 1. The van der Waals surface area contributed by atoms with Crippen LogP contribution in [0.5, 0.6) is 5.75 Å². The summed E-state index contributed by atoms with van der Waals surface area (Å²) in [4.78, 5) is 12.3. The summed E-state index contributed by atoms with van der Waals surface area (Å²) >= 11 is 0. The first-order valence-corrected chi connectivity index (χ1v) is 9.84. The Bertz CT molecular complexity index is 826. The Morgan fingerprint density at radius 1 is 1.15 bits per heavy atom. The zero-order chi connectivity index (χ0) is 19.2. The molecule has 0 aliphatic rings. The summed E-state index contributed by atoms with van der Waals surface area (Å²) < 4.78 is 43.5. The van der Waals surface area contributed by atoms with Gasteiger partial charge in [0, 0.05) is 0 Å². The predicted octanol–water partition coefficient (Wildman–Crippen LogP) is 2.18. The van der Waals surface area contributed by atoms with Gasteiger partial charge in [0.15, 0.2) is 0 Å². The van der Waals surface area contributed by atoms with Gasteiger partial charge >= 0.3 is 0 Å². The minimum atomic E-state index is -3.63. The molecule has 0 aliphatic carbocycles. The Kier molecular flexibility index (Phi) is 6.57. The quantitative estimate of drug-likeness (QED) is 0.712. The summed E-state index contributed by atoms with van der Waals surface area (Å²) in [5, 5.41) is 2.64. The van der Waals surface area contributed by atoms with Gasteiger partial charge in [-0.15, -0.1) is 0 Å². The maximum atomic E-state index is 12.8. The number of rotatable bonds is 8. The SMILES string of the molecule is C[C@@H](C(=O)NCCOc1ccc(F)cc1)N(c1ccccc1)S(C)(=O)=O. The first kappa shape index (κ1) is 19.7. The van der Waals surface area contributed by atoms with Gasteiger partial charge in [0.25, 0.3) is 0 Å². The van der Waals surface area contributed by atoms with Gasteiger partial charge in [-0.1, -0.05) is 18.2 Å². The number of anilines is 1. The van der Waals surface area contributed by atoms with Gasteiger partial charge < -0.3 is 10.1 Å². The second-order valence-electron chi connectivity index (χ2n) is 5.66. The Morgan fingerprint density at radius 2 is 1.77 bits per heavy atom. The van der Waals surface area contributed by atoms with Crippen LogP contribution in [0.1, 0.15) is 6.92 Å². The van der Waals surface area contributed by atoms with E-state index in [4.69, 9.17) is 4.74 Å². The van der Waals surface area contributed by atoms with Crippen LogP contribution in [0.25, 0.3) is 0 Å². The van der Waals surface area contributed by atoms with E-state index in [9.17, 15) is 17.6 Å². The van der Waals surface area contributed by atoms with E-state index in [0.717, 1.165) is 10.6 Å². The predicted molar refractivity (Wildman–Crippen MR) is 98.1 cm³/mol. The lowest BCUT2D eigenvalue weighted by Gasteiger charge is -2.28. The molecule has 1 N–H and O–H groups in total. The Balaban J connectivity index is 1.93. The van der Waals surface area contributed by atoms with Crippen molar-refractivity contribution in [1.82, 2.24) is 5.32 Å². The molecule has 0 spiro atoms. The number of amides is 1. The van der Waals surface area contributed by atoms with Crippen molar-refractivity contribution in [2.24, 2.45) is 0 Å². The van der Waals surface area contributed by atoms with Crippen LogP contribution in [0.2, 0.25) is 0 Å². The van der Waals surface area contributed by atoms with Crippen molar-refractivity contribution in [3.05, 3.63) is 60.4 Å². The molecular weight excluding hydrogens is 359 g/mol. The Hall–Kier alpha value is -2.61. The van der Waals surface area contributed by atoms with Crippen LogP contribution in [-0.4, -0.2) is 39.8 Å². The number of halogens is 1. The first-order valence-electron chi connectivity index (χ1n) is 7.99. The van der Waals surface area contributed by atoms with Gasteiger partial charge in [0.2, 0.25) is 15.9 Å². The first-order chi connectivity index (χ1) is 12.3. The monoisotopic (exact) mass is 380 g/mol. The van der Waals surface area contributed by atoms with Crippen LogP contribution >= 0.6 is 0 Å². The molecule has 0 saturated heterocycles. The summed E-state index contributed by atoms with van der Waals surface area (Å²) in [7, 11) is -3.63. The average molecular weight is 380 g/mol. The van der Waals surface area contributed by atoms with Crippen LogP contribution in [0.4, 0.5) is 10.1 Å². The number of carbonyl (C=O) groups excluding carboxylic acids is 1. The molecule has 2 aromatic carbocycles. The lowest BCUT2D eigenvalue weighted by atomic mass is 10.2. The molecule has 0 radical (unpaired) electrons. The lowest BCUT2D eigenvalue weighted by molar-refractivity contribution is -0.121. The van der Waals surface area contributed by atoms with E-state index < -0.39 is 22.0 Å². The van der Waals surface area contributed by atoms with E-state index >= 15 is 0 Å². The van der Waals surface area contributed by atoms with E-state index in [0.29, 0.717) is 11.4 Å². The Morgan fingerprint density at radius 3 is 2.35 bits per heavy atom. The van der Waals surface area contributed by atoms with Crippen molar-refractivity contribution < 1.29 is 22.3 Å². The largest absolute Gasteiger partial charge is 0.492 e. The van der Waals surface area contributed by atoms with E-state index in [1.165, 1.54) is 31.2 Å². The molecule has 2 aromatic rings. The molecule has 140 valence electrons. The molecule has 6 nitrogen and oxygen atoms in total. The molecule has 1 amide bonds. The van der Waals surface area contributed by atoms with Crippen LogP contribution in [0.15, 0.2) is 54.6 Å². The minimum absolute atomic E-state index is 0.175. The summed E-state index contributed by atoms with van der Waals surface area (Å²) in [6, 6.07) is 13.0. The summed E-state index contributed by atoms with van der Waals surface area (Å²) in [5.74, 6) is -0.320. The van der Waals surface area contributed by atoms with Gasteiger partial charge in [-0.05, 0) is 43.3 Å². The topological polar surface area (TPSA) is 75.7 Å². The third-order valence-electron chi connectivity index (χ3n) is 3.58. The number of benzene rings is 2. The van der Waals surface area contributed by atoms with Gasteiger partial charge in [-0.25, -0.2) is 12.8 Å². The standard InChI is InChI=1S/C18H21FN2O4S/c1-14(21(26(2,23)24)16-6-4-3-5-7-16)18(22)20-12-13-25-17-10-8-15(19)9-11-17/h3-11,14H,12-13H2,1-2H3,(H,20,22)/t14-/m0/s1.